The molecule has 0 amide bonds. The Morgan fingerprint density at radius 3 is 2.17 bits per heavy atom. The maximum Gasteiger partial charge on any atom is 0.131 e. The molecule has 0 saturated heterocycles. The second-order valence-corrected chi connectivity index (χ2v) is 6.28. The van der Waals surface area contributed by atoms with E-state index in [2.05, 4.69) is 13.8 Å². The van der Waals surface area contributed by atoms with Gasteiger partial charge in [0.15, 0.2) is 0 Å². The predicted octanol–water partition coefficient (Wildman–Crippen LogP) is 3.52. The summed E-state index contributed by atoms with van der Waals surface area (Å²) < 4.78 is 0. The Balaban J connectivity index is 2.59. The second-order valence-electron chi connectivity index (χ2n) is 5.02. The van der Waals surface area contributed by atoms with Crippen molar-refractivity contribution in [2.45, 2.75) is 20.8 Å². The summed E-state index contributed by atoms with van der Waals surface area (Å²) in [5.41, 5.74) is 0.810. The predicted molar refractivity (Wildman–Crippen MR) is 79.7 cm³/mol. The molecular formula is C15H19O2P. The molecule has 2 aromatic rings. The number of hydrogen-bond donors (Lipinski definition) is 2. The number of hydrogen-bond acceptors (Lipinski definition) is 2. The quantitative estimate of drug-likeness (QED) is 0.656. The Morgan fingerprint density at radius 1 is 1.06 bits per heavy atom. The van der Waals surface area contributed by atoms with Gasteiger partial charge in [-0.25, -0.2) is 0 Å². The van der Waals surface area contributed by atoms with E-state index in [4.69, 9.17) is 0 Å². The van der Waals surface area contributed by atoms with Gasteiger partial charge in [0.25, 0.3) is 0 Å². The zero-order valence-corrected chi connectivity index (χ0v) is 12.0. The van der Waals surface area contributed by atoms with Crippen LogP contribution in [0.15, 0.2) is 24.3 Å². The summed E-state index contributed by atoms with van der Waals surface area (Å²) in [6.07, 6.45) is 1.03. The van der Waals surface area contributed by atoms with Crippen LogP contribution in [0.2, 0.25) is 0 Å². The third kappa shape index (κ3) is 2.30. The average molecular weight is 262 g/mol. The van der Waals surface area contributed by atoms with Crippen molar-refractivity contribution in [3.05, 3.63) is 29.8 Å². The first kappa shape index (κ1) is 13.2. The van der Waals surface area contributed by atoms with Crippen molar-refractivity contribution < 1.29 is 10.2 Å². The Labute approximate surface area is 109 Å². The van der Waals surface area contributed by atoms with Gasteiger partial charge in [0, 0.05) is 21.6 Å². The number of phenols is 2. The van der Waals surface area contributed by atoms with E-state index in [0.717, 1.165) is 27.8 Å². The lowest BCUT2D eigenvalue weighted by molar-refractivity contribution is 0.469. The molecule has 0 aromatic heterocycles. The zero-order valence-electron chi connectivity index (χ0n) is 11.0. The molecule has 96 valence electrons. The molecule has 2 N–H and O–H groups in total. The van der Waals surface area contributed by atoms with Gasteiger partial charge in [-0.05, 0) is 19.0 Å². The highest BCUT2D eigenvalue weighted by Gasteiger charge is 2.15. The number of aromatic hydroxyl groups is 2. The van der Waals surface area contributed by atoms with Crippen LogP contribution in [0.5, 0.6) is 11.5 Å². The molecule has 1 atom stereocenters. The maximum atomic E-state index is 10.4. The third-order valence-corrected chi connectivity index (χ3v) is 5.08. The van der Waals surface area contributed by atoms with Crippen molar-refractivity contribution in [2.75, 3.05) is 6.16 Å². The van der Waals surface area contributed by atoms with Crippen LogP contribution in [0, 0.1) is 12.8 Å². The molecule has 0 bridgehead atoms. The van der Waals surface area contributed by atoms with Crippen molar-refractivity contribution in [1.82, 2.24) is 0 Å². The SMILES string of the molecule is Cc1c(PCC(C)C)c(O)c2ccccc2c1O. The molecule has 0 fully saturated rings. The Morgan fingerprint density at radius 2 is 1.61 bits per heavy atom. The first-order valence-electron chi connectivity index (χ1n) is 6.19. The fraction of sp³-hybridized carbons (Fsp3) is 0.333. The molecule has 2 aromatic carbocycles. The highest BCUT2D eigenvalue weighted by atomic mass is 31.1. The molecule has 0 aliphatic carbocycles. The fourth-order valence-electron chi connectivity index (χ4n) is 2.05. The number of phenolic OH excluding ortho intramolecular Hbond substituents is 2. The second kappa shape index (κ2) is 5.16. The normalized spacial score (nSPS) is 12.0. The van der Waals surface area contributed by atoms with Gasteiger partial charge >= 0.3 is 0 Å². The first-order chi connectivity index (χ1) is 8.52. The highest BCUT2D eigenvalue weighted by molar-refractivity contribution is 7.47. The summed E-state index contributed by atoms with van der Waals surface area (Å²) in [6, 6.07) is 7.45. The molecule has 0 radical (unpaired) electrons. The monoisotopic (exact) mass is 262 g/mol. The number of rotatable bonds is 3. The van der Waals surface area contributed by atoms with E-state index in [0.29, 0.717) is 26.0 Å². The lowest BCUT2D eigenvalue weighted by Gasteiger charge is -2.15. The van der Waals surface area contributed by atoms with Crippen molar-refractivity contribution in [3.8, 4) is 11.5 Å². The van der Waals surface area contributed by atoms with E-state index in [9.17, 15) is 10.2 Å². The Kier molecular flexibility index (Phi) is 3.77. The van der Waals surface area contributed by atoms with E-state index < -0.39 is 0 Å². The van der Waals surface area contributed by atoms with Crippen molar-refractivity contribution in [3.63, 3.8) is 0 Å². The van der Waals surface area contributed by atoms with Crippen LogP contribution in [0.3, 0.4) is 0 Å². The molecule has 0 heterocycles. The van der Waals surface area contributed by atoms with Gasteiger partial charge in [-0.1, -0.05) is 46.7 Å². The zero-order chi connectivity index (χ0) is 13.3. The summed E-state index contributed by atoms with van der Waals surface area (Å²) >= 11 is 0. The van der Waals surface area contributed by atoms with Crippen LogP contribution in [0.1, 0.15) is 19.4 Å². The van der Waals surface area contributed by atoms with E-state index in [1.807, 2.05) is 31.2 Å². The van der Waals surface area contributed by atoms with Crippen LogP contribution >= 0.6 is 8.58 Å². The molecule has 0 aliphatic rings. The van der Waals surface area contributed by atoms with Crippen molar-refractivity contribution in [1.29, 1.82) is 0 Å². The molecule has 1 unspecified atom stereocenters. The topological polar surface area (TPSA) is 40.5 Å². The van der Waals surface area contributed by atoms with Gasteiger partial charge in [-0.2, -0.15) is 0 Å². The van der Waals surface area contributed by atoms with Crippen LogP contribution in [0.4, 0.5) is 0 Å². The van der Waals surface area contributed by atoms with Crippen LogP contribution < -0.4 is 5.30 Å². The smallest absolute Gasteiger partial charge is 0.131 e. The van der Waals surface area contributed by atoms with Crippen molar-refractivity contribution in [2.24, 2.45) is 5.92 Å². The number of fused-ring (bicyclic) bond motifs is 1. The number of benzene rings is 2. The van der Waals surface area contributed by atoms with E-state index in [1.165, 1.54) is 0 Å². The van der Waals surface area contributed by atoms with Crippen LogP contribution in [-0.4, -0.2) is 16.4 Å². The molecule has 0 saturated carbocycles. The summed E-state index contributed by atoms with van der Waals surface area (Å²) in [5.74, 6) is 1.23. The maximum absolute atomic E-state index is 10.4. The average Bonchev–Trinajstić information content (AvgIpc) is 2.36. The molecule has 2 nitrogen and oxygen atoms in total. The van der Waals surface area contributed by atoms with Gasteiger partial charge in [0.1, 0.15) is 11.5 Å². The highest BCUT2D eigenvalue weighted by Crippen LogP contribution is 2.37. The Hall–Kier alpha value is -1.27. The first-order valence-corrected chi connectivity index (χ1v) is 7.40. The minimum atomic E-state index is 0.301. The van der Waals surface area contributed by atoms with E-state index in [1.54, 1.807) is 0 Å². The van der Waals surface area contributed by atoms with E-state index >= 15 is 0 Å². The molecular weight excluding hydrogens is 243 g/mol. The summed E-state index contributed by atoms with van der Waals surface area (Å²) in [6.45, 7) is 6.21. The fourth-order valence-corrected chi connectivity index (χ4v) is 3.35. The summed E-state index contributed by atoms with van der Waals surface area (Å²) in [5, 5.41) is 23.0. The molecule has 2 rings (SSSR count). The molecule has 0 spiro atoms. The van der Waals surface area contributed by atoms with Crippen LogP contribution in [0.25, 0.3) is 10.8 Å². The minimum absolute atomic E-state index is 0.301. The van der Waals surface area contributed by atoms with Gasteiger partial charge in [-0.15, -0.1) is 0 Å². The molecule has 0 aliphatic heterocycles. The largest absolute Gasteiger partial charge is 0.507 e. The minimum Gasteiger partial charge on any atom is -0.507 e. The lowest BCUT2D eigenvalue weighted by Crippen LogP contribution is -2.05. The van der Waals surface area contributed by atoms with Gasteiger partial charge < -0.3 is 10.2 Å². The molecule has 3 heteroatoms. The summed E-state index contributed by atoms with van der Waals surface area (Å²) in [7, 11) is 0.532. The van der Waals surface area contributed by atoms with Crippen molar-refractivity contribution >= 4 is 24.7 Å². The Bertz CT molecular complexity index is 576. The summed E-state index contributed by atoms with van der Waals surface area (Å²) in [4.78, 5) is 0. The van der Waals surface area contributed by atoms with Gasteiger partial charge in [0.2, 0.25) is 0 Å². The third-order valence-electron chi connectivity index (χ3n) is 3.09. The standard InChI is InChI=1S/C15H19O2P/c1-9(2)8-18-15-10(3)13(16)11-6-4-5-7-12(11)14(15)17/h4-7,9,16-18H,8H2,1-3H3. The van der Waals surface area contributed by atoms with E-state index in [-0.39, 0.29) is 0 Å². The van der Waals surface area contributed by atoms with Gasteiger partial charge in [0.05, 0.1) is 0 Å². The molecule has 18 heavy (non-hydrogen) atoms. The lowest BCUT2D eigenvalue weighted by atomic mass is 10.0. The van der Waals surface area contributed by atoms with Crippen LogP contribution in [-0.2, 0) is 0 Å². The van der Waals surface area contributed by atoms with Gasteiger partial charge in [-0.3, -0.25) is 0 Å².